The van der Waals surface area contributed by atoms with Crippen LogP contribution in [-0.2, 0) is 0 Å². The molecule has 19 heavy (non-hydrogen) atoms. The van der Waals surface area contributed by atoms with E-state index in [4.69, 9.17) is 23.2 Å². The fourth-order valence-corrected chi connectivity index (χ4v) is 4.51. The maximum Gasteiger partial charge on any atom is 0.0542 e. The van der Waals surface area contributed by atoms with Crippen molar-refractivity contribution in [3.63, 3.8) is 0 Å². The van der Waals surface area contributed by atoms with E-state index in [1.165, 1.54) is 26.2 Å². The molecular weight excluding hydrogens is 299 g/mol. The highest BCUT2D eigenvalue weighted by atomic mass is 35.5. The van der Waals surface area contributed by atoms with Crippen molar-refractivity contribution in [3.05, 3.63) is 28.2 Å². The highest BCUT2D eigenvalue weighted by Crippen LogP contribution is 2.31. The van der Waals surface area contributed by atoms with Gasteiger partial charge in [-0.3, -0.25) is 0 Å². The average Bonchev–Trinajstić information content (AvgIpc) is 2.94. The maximum atomic E-state index is 6.17. The SMILES string of the molecule is Clc1ccc(Cl)c(SCCN2C[C@H]3CNC[C@H]3C2)c1. The van der Waals surface area contributed by atoms with E-state index < -0.39 is 0 Å². The van der Waals surface area contributed by atoms with Gasteiger partial charge in [-0.05, 0) is 43.1 Å². The molecule has 0 radical (unpaired) electrons. The summed E-state index contributed by atoms with van der Waals surface area (Å²) >= 11 is 14.0. The highest BCUT2D eigenvalue weighted by molar-refractivity contribution is 7.99. The molecule has 3 rings (SSSR count). The lowest BCUT2D eigenvalue weighted by Gasteiger charge is -2.16. The van der Waals surface area contributed by atoms with Crippen molar-refractivity contribution in [2.45, 2.75) is 4.90 Å². The fraction of sp³-hybridized carbons (Fsp3) is 0.571. The molecule has 1 aromatic rings. The van der Waals surface area contributed by atoms with Crippen LogP contribution in [0.2, 0.25) is 10.0 Å². The lowest BCUT2D eigenvalue weighted by Crippen LogP contribution is -2.27. The van der Waals surface area contributed by atoms with Crippen LogP contribution in [0.25, 0.3) is 0 Å². The number of hydrogen-bond acceptors (Lipinski definition) is 3. The molecule has 0 aromatic heterocycles. The van der Waals surface area contributed by atoms with Gasteiger partial charge >= 0.3 is 0 Å². The summed E-state index contributed by atoms with van der Waals surface area (Å²) in [6.07, 6.45) is 0. The van der Waals surface area contributed by atoms with Crippen LogP contribution in [0, 0.1) is 11.8 Å². The number of nitrogens with one attached hydrogen (secondary N) is 1. The van der Waals surface area contributed by atoms with Crippen LogP contribution in [0.5, 0.6) is 0 Å². The average molecular weight is 317 g/mol. The summed E-state index contributed by atoms with van der Waals surface area (Å²) in [6.45, 7) is 6.05. The van der Waals surface area contributed by atoms with Crippen LogP contribution in [0.15, 0.2) is 23.1 Å². The summed E-state index contributed by atoms with van der Waals surface area (Å²) in [5, 5.41) is 5.04. The van der Waals surface area contributed by atoms with Gasteiger partial charge in [-0.15, -0.1) is 11.8 Å². The van der Waals surface area contributed by atoms with Crippen molar-refractivity contribution in [1.29, 1.82) is 0 Å². The van der Waals surface area contributed by atoms with Crippen molar-refractivity contribution < 1.29 is 0 Å². The molecule has 0 bridgehead atoms. The molecule has 104 valence electrons. The van der Waals surface area contributed by atoms with Gasteiger partial charge in [0.2, 0.25) is 0 Å². The van der Waals surface area contributed by atoms with E-state index in [2.05, 4.69) is 10.2 Å². The zero-order valence-corrected chi connectivity index (χ0v) is 13.1. The lowest BCUT2D eigenvalue weighted by atomic mass is 10.0. The number of likely N-dealkylation sites (tertiary alicyclic amines) is 1. The van der Waals surface area contributed by atoms with Gasteiger partial charge in [-0.1, -0.05) is 23.2 Å². The number of fused-ring (bicyclic) bond motifs is 1. The Bertz CT molecular complexity index is 443. The smallest absolute Gasteiger partial charge is 0.0542 e. The zero-order valence-electron chi connectivity index (χ0n) is 10.7. The van der Waals surface area contributed by atoms with E-state index in [1.54, 1.807) is 11.8 Å². The lowest BCUT2D eigenvalue weighted by molar-refractivity contribution is 0.333. The molecule has 2 fully saturated rings. The van der Waals surface area contributed by atoms with Gasteiger partial charge in [0.25, 0.3) is 0 Å². The first-order valence-electron chi connectivity index (χ1n) is 6.73. The molecule has 0 saturated carbocycles. The predicted molar refractivity (Wildman–Crippen MR) is 83.5 cm³/mol. The first-order valence-corrected chi connectivity index (χ1v) is 8.47. The minimum atomic E-state index is 0.758. The topological polar surface area (TPSA) is 15.3 Å². The number of nitrogens with zero attached hydrogens (tertiary/aromatic N) is 1. The van der Waals surface area contributed by atoms with Crippen LogP contribution in [0.3, 0.4) is 0 Å². The first-order chi connectivity index (χ1) is 9.22. The molecule has 2 saturated heterocycles. The third-order valence-corrected chi connectivity index (χ3v) is 5.74. The Morgan fingerprint density at radius 2 is 1.95 bits per heavy atom. The second-order valence-electron chi connectivity index (χ2n) is 5.36. The Morgan fingerprint density at radius 1 is 1.21 bits per heavy atom. The fourth-order valence-electron chi connectivity index (χ4n) is 3.01. The predicted octanol–water partition coefficient (Wildman–Crippen LogP) is 3.24. The van der Waals surface area contributed by atoms with E-state index in [0.29, 0.717) is 0 Å². The van der Waals surface area contributed by atoms with Crippen LogP contribution >= 0.6 is 35.0 Å². The van der Waals surface area contributed by atoms with Crippen LogP contribution in [-0.4, -0.2) is 43.4 Å². The summed E-state index contributed by atoms with van der Waals surface area (Å²) in [4.78, 5) is 3.68. The van der Waals surface area contributed by atoms with E-state index in [0.717, 1.165) is 39.1 Å². The summed E-state index contributed by atoms with van der Waals surface area (Å²) in [7, 11) is 0. The first kappa shape index (κ1) is 14.0. The summed E-state index contributed by atoms with van der Waals surface area (Å²) in [5.41, 5.74) is 0. The maximum absolute atomic E-state index is 6.17. The molecule has 0 unspecified atom stereocenters. The third kappa shape index (κ3) is 3.40. The molecule has 2 atom stereocenters. The minimum absolute atomic E-state index is 0.758. The normalized spacial score (nSPS) is 26.8. The van der Waals surface area contributed by atoms with Crippen molar-refractivity contribution in [2.75, 3.05) is 38.5 Å². The Kier molecular flexibility index (Phi) is 4.60. The van der Waals surface area contributed by atoms with E-state index in [1.807, 2.05) is 18.2 Å². The Labute approximate surface area is 128 Å². The number of halogens is 2. The summed E-state index contributed by atoms with van der Waals surface area (Å²) in [5.74, 6) is 2.83. The van der Waals surface area contributed by atoms with Gasteiger partial charge in [-0.25, -0.2) is 0 Å². The standard InChI is InChI=1S/C14H18Cl2N2S/c15-12-1-2-13(16)14(5-12)19-4-3-18-8-10-6-17-7-11(10)9-18/h1-2,5,10-11,17H,3-4,6-9H2/t10-,11+. The quantitative estimate of drug-likeness (QED) is 0.858. The molecule has 1 N–H and O–H groups in total. The molecule has 2 heterocycles. The van der Waals surface area contributed by atoms with Crippen molar-refractivity contribution in [3.8, 4) is 0 Å². The van der Waals surface area contributed by atoms with Crippen LogP contribution < -0.4 is 5.32 Å². The molecule has 0 amide bonds. The molecule has 2 aliphatic rings. The van der Waals surface area contributed by atoms with E-state index in [-0.39, 0.29) is 0 Å². The highest BCUT2D eigenvalue weighted by Gasteiger charge is 2.35. The third-order valence-electron chi connectivity index (χ3n) is 4.02. The van der Waals surface area contributed by atoms with Gasteiger partial charge in [0.1, 0.15) is 0 Å². The minimum Gasteiger partial charge on any atom is -0.316 e. The molecule has 0 spiro atoms. The Morgan fingerprint density at radius 3 is 2.68 bits per heavy atom. The second-order valence-corrected chi connectivity index (χ2v) is 7.34. The molecule has 2 aliphatic heterocycles. The van der Waals surface area contributed by atoms with Crippen molar-refractivity contribution in [1.82, 2.24) is 10.2 Å². The number of hydrogen-bond donors (Lipinski definition) is 1. The van der Waals surface area contributed by atoms with Crippen molar-refractivity contribution >= 4 is 35.0 Å². The summed E-state index contributed by atoms with van der Waals surface area (Å²) in [6, 6.07) is 5.66. The number of thioether (sulfide) groups is 1. The molecule has 0 aliphatic carbocycles. The monoisotopic (exact) mass is 316 g/mol. The number of benzene rings is 1. The molecule has 2 nitrogen and oxygen atoms in total. The molecule has 5 heteroatoms. The van der Waals surface area contributed by atoms with Crippen LogP contribution in [0.4, 0.5) is 0 Å². The van der Waals surface area contributed by atoms with E-state index in [9.17, 15) is 0 Å². The Balaban J connectivity index is 1.47. The van der Waals surface area contributed by atoms with Gasteiger partial charge in [0, 0.05) is 35.3 Å². The van der Waals surface area contributed by atoms with Crippen LogP contribution in [0.1, 0.15) is 0 Å². The van der Waals surface area contributed by atoms with Gasteiger partial charge in [-0.2, -0.15) is 0 Å². The molecular formula is C14H18Cl2N2S. The second kappa shape index (κ2) is 6.23. The largest absolute Gasteiger partial charge is 0.316 e. The number of rotatable bonds is 4. The van der Waals surface area contributed by atoms with Gasteiger partial charge in [0.05, 0.1) is 5.02 Å². The van der Waals surface area contributed by atoms with Crippen molar-refractivity contribution in [2.24, 2.45) is 11.8 Å². The van der Waals surface area contributed by atoms with E-state index >= 15 is 0 Å². The molecule has 1 aromatic carbocycles. The Hall–Kier alpha value is 0.0700. The van der Waals surface area contributed by atoms with Gasteiger partial charge in [0.15, 0.2) is 0 Å². The van der Waals surface area contributed by atoms with Gasteiger partial charge < -0.3 is 10.2 Å². The zero-order chi connectivity index (χ0) is 13.2. The summed E-state index contributed by atoms with van der Waals surface area (Å²) < 4.78 is 0.